The van der Waals surface area contributed by atoms with E-state index in [1.807, 2.05) is 12.1 Å². The van der Waals surface area contributed by atoms with Crippen LogP contribution in [-0.2, 0) is 6.54 Å². The van der Waals surface area contributed by atoms with Crippen LogP contribution in [0.15, 0.2) is 24.5 Å². The van der Waals surface area contributed by atoms with Crippen LogP contribution in [0.3, 0.4) is 0 Å². The summed E-state index contributed by atoms with van der Waals surface area (Å²) in [6.07, 6.45) is 3.17. The van der Waals surface area contributed by atoms with Gasteiger partial charge in [0, 0.05) is 45.5 Å². The van der Waals surface area contributed by atoms with Crippen LogP contribution in [0.2, 0.25) is 0 Å². The van der Waals surface area contributed by atoms with E-state index in [1.54, 1.807) is 10.7 Å². The molecular weight excluding hydrogens is 284 g/mol. The molecule has 7 nitrogen and oxygen atoms in total. The van der Waals surface area contributed by atoms with Gasteiger partial charge in [-0.25, -0.2) is 9.31 Å². The van der Waals surface area contributed by atoms with Crippen molar-refractivity contribution in [3.63, 3.8) is 0 Å². The van der Waals surface area contributed by atoms with Crippen LogP contribution >= 0.6 is 0 Å². The third kappa shape index (κ3) is 2.96. The fraction of sp³-hybridized carbons (Fsp3) is 0.467. The second kappa shape index (κ2) is 6.43. The lowest BCUT2D eigenvalue weighted by Gasteiger charge is -2.34. The maximum absolute atomic E-state index is 11.3. The molecule has 7 heteroatoms. The van der Waals surface area contributed by atoms with E-state index in [9.17, 15) is 9.90 Å². The van der Waals surface area contributed by atoms with Gasteiger partial charge in [0.05, 0.1) is 18.3 Å². The zero-order valence-corrected chi connectivity index (χ0v) is 12.4. The molecule has 22 heavy (non-hydrogen) atoms. The Bertz CT molecular complexity index is 662. The van der Waals surface area contributed by atoms with Crippen LogP contribution < -0.4 is 0 Å². The first kappa shape index (κ1) is 15.0. The lowest BCUT2D eigenvalue weighted by atomic mass is 10.1. The Labute approximate surface area is 128 Å². The van der Waals surface area contributed by atoms with Crippen molar-refractivity contribution in [2.24, 2.45) is 0 Å². The number of nitrogens with zero attached hydrogens (tertiary/aromatic N) is 4. The van der Waals surface area contributed by atoms with E-state index in [2.05, 4.69) is 14.9 Å². The number of aliphatic hydroxyl groups is 1. The molecule has 1 aliphatic heterocycles. The van der Waals surface area contributed by atoms with E-state index in [1.165, 1.54) is 6.20 Å². The second-order valence-electron chi connectivity index (χ2n) is 5.53. The number of pyridine rings is 1. The van der Waals surface area contributed by atoms with E-state index in [0.717, 1.165) is 38.3 Å². The molecule has 0 atom stereocenters. The van der Waals surface area contributed by atoms with Crippen LogP contribution in [0.4, 0.5) is 0 Å². The van der Waals surface area contributed by atoms with Crippen molar-refractivity contribution in [3.05, 3.63) is 35.7 Å². The molecule has 0 saturated carbocycles. The molecule has 0 unspecified atom stereocenters. The van der Waals surface area contributed by atoms with Crippen LogP contribution in [0, 0.1) is 0 Å². The summed E-state index contributed by atoms with van der Waals surface area (Å²) in [5.74, 6) is -0.949. The second-order valence-corrected chi connectivity index (χ2v) is 5.53. The van der Waals surface area contributed by atoms with Gasteiger partial charge in [-0.1, -0.05) is 6.07 Å². The summed E-state index contributed by atoms with van der Waals surface area (Å²) in [5.41, 5.74) is 1.90. The van der Waals surface area contributed by atoms with Crippen molar-refractivity contribution in [1.82, 2.24) is 19.4 Å². The minimum absolute atomic E-state index is 0.192. The lowest BCUT2D eigenvalue weighted by Crippen LogP contribution is -2.46. The van der Waals surface area contributed by atoms with Crippen molar-refractivity contribution in [1.29, 1.82) is 0 Å². The highest BCUT2D eigenvalue weighted by Gasteiger charge is 2.19. The van der Waals surface area contributed by atoms with Gasteiger partial charge in [-0.05, 0) is 11.6 Å². The Kier molecular flexibility index (Phi) is 4.37. The van der Waals surface area contributed by atoms with E-state index in [-0.39, 0.29) is 12.2 Å². The van der Waals surface area contributed by atoms with Gasteiger partial charge in [-0.15, -0.1) is 0 Å². The summed E-state index contributed by atoms with van der Waals surface area (Å²) < 4.78 is 1.63. The number of aromatic nitrogens is 2. The SMILES string of the molecule is O=C(O)c1cnn2cccc(CN3CCN(CCO)CC3)c12. The van der Waals surface area contributed by atoms with E-state index in [0.29, 0.717) is 12.1 Å². The van der Waals surface area contributed by atoms with Gasteiger partial charge in [0.1, 0.15) is 5.56 Å². The van der Waals surface area contributed by atoms with Crippen LogP contribution in [-0.4, -0.2) is 74.9 Å². The highest BCUT2D eigenvalue weighted by Crippen LogP contribution is 2.18. The molecule has 2 aromatic heterocycles. The molecule has 3 heterocycles. The molecule has 118 valence electrons. The van der Waals surface area contributed by atoms with Crippen molar-refractivity contribution in [2.75, 3.05) is 39.3 Å². The van der Waals surface area contributed by atoms with Crippen molar-refractivity contribution in [2.45, 2.75) is 6.54 Å². The third-order valence-electron chi connectivity index (χ3n) is 4.13. The van der Waals surface area contributed by atoms with Gasteiger partial charge in [-0.3, -0.25) is 9.80 Å². The molecule has 1 saturated heterocycles. The van der Waals surface area contributed by atoms with Gasteiger partial charge in [0.25, 0.3) is 0 Å². The first-order valence-electron chi connectivity index (χ1n) is 7.43. The number of carboxylic acids is 1. The minimum Gasteiger partial charge on any atom is -0.478 e. The monoisotopic (exact) mass is 304 g/mol. The number of β-amino-alcohol motifs (C(OH)–C–C–N with tert-alkyl or cyclic N) is 1. The standard InChI is InChI=1S/C15H20N4O3/c20-9-8-17-4-6-18(7-5-17)11-12-2-1-3-19-14(12)13(10-16-19)15(21)22/h1-3,10,20H,4-9,11H2,(H,21,22). The Hall–Kier alpha value is -1.96. The summed E-state index contributed by atoms with van der Waals surface area (Å²) in [6.45, 7) is 5.30. The average molecular weight is 304 g/mol. The number of carbonyl (C=O) groups is 1. The highest BCUT2D eigenvalue weighted by atomic mass is 16.4. The van der Waals surface area contributed by atoms with Gasteiger partial charge in [0.15, 0.2) is 0 Å². The fourth-order valence-electron chi connectivity index (χ4n) is 2.95. The fourth-order valence-corrected chi connectivity index (χ4v) is 2.95. The number of carboxylic acid groups (broad SMARTS) is 1. The predicted molar refractivity (Wildman–Crippen MR) is 81.0 cm³/mol. The number of fused-ring (bicyclic) bond motifs is 1. The van der Waals surface area contributed by atoms with E-state index < -0.39 is 5.97 Å². The maximum atomic E-state index is 11.3. The molecule has 3 rings (SSSR count). The number of piperazine rings is 1. The molecule has 1 fully saturated rings. The summed E-state index contributed by atoms with van der Waals surface area (Å²) in [5, 5.41) is 22.4. The number of aliphatic hydroxyl groups excluding tert-OH is 1. The quantitative estimate of drug-likeness (QED) is 0.818. The summed E-state index contributed by atoms with van der Waals surface area (Å²) in [7, 11) is 0. The molecule has 0 spiro atoms. The molecule has 2 N–H and O–H groups in total. The maximum Gasteiger partial charge on any atom is 0.339 e. The van der Waals surface area contributed by atoms with Crippen molar-refractivity contribution in [3.8, 4) is 0 Å². The van der Waals surface area contributed by atoms with Gasteiger partial charge in [-0.2, -0.15) is 5.10 Å². The van der Waals surface area contributed by atoms with E-state index >= 15 is 0 Å². The Balaban J connectivity index is 1.77. The van der Waals surface area contributed by atoms with Crippen LogP contribution in [0.25, 0.3) is 5.52 Å². The molecule has 2 aromatic rings. The molecular formula is C15H20N4O3. The van der Waals surface area contributed by atoms with Crippen molar-refractivity contribution < 1.29 is 15.0 Å². The lowest BCUT2D eigenvalue weighted by molar-refractivity contribution is 0.0699. The number of aromatic carboxylic acids is 1. The zero-order chi connectivity index (χ0) is 15.5. The largest absolute Gasteiger partial charge is 0.478 e. The summed E-state index contributed by atoms with van der Waals surface area (Å²) >= 11 is 0. The molecule has 0 aliphatic carbocycles. The molecule has 1 aliphatic rings. The first-order valence-corrected chi connectivity index (χ1v) is 7.43. The molecule has 0 amide bonds. The smallest absolute Gasteiger partial charge is 0.339 e. The number of hydrogen-bond donors (Lipinski definition) is 2. The normalized spacial score (nSPS) is 17.1. The molecule has 0 radical (unpaired) electrons. The van der Waals surface area contributed by atoms with E-state index in [4.69, 9.17) is 5.11 Å². The number of hydrogen-bond acceptors (Lipinski definition) is 5. The average Bonchev–Trinajstić information content (AvgIpc) is 2.95. The molecule has 0 bridgehead atoms. The highest BCUT2D eigenvalue weighted by molar-refractivity contribution is 5.96. The summed E-state index contributed by atoms with van der Waals surface area (Å²) in [6, 6.07) is 3.85. The van der Waals surface area contributed by atoms with Gasteiger partial charge >= 0.3 is 5.97 Å². The Morgan fingerprint density at radius 3 is 2.64 bits per heavy atom. The topological polar surface area (TPSA) is 81.3 Å². The zero-order valence-electron chi connectivity index (χ0n) is 12.4. The molecule has 0 aromatic carbocycles. The first-order chi connectivity index (χ1) is 10.7. The van der Waals surface area contributed by atoms with Crippen LogP contribution in [0.1, 0.15) is 15.9 Å². The van der Waals surface area contributed by atoms with Gasteiger partial charge < -0.3 is 10.2 Å². The van der Waals surface area contributed by atoms with Crippen LogP contribution in [0.5, 0.6) is 0 Å². The third-order valence-corrected chi connectivity index (χ3v) is 4.13. The van der Waals surface area contributed by atoms with Gasteiger partial charge in [0.2, 0.25) is 0 Å². The predicted octanol–water partition coefficient (Wildman–Crippen LogP) is 0.142. The Morgan fingerprint density at radius 1 is 1.23 bits per heavy atom. The van der Waals surface area contributed by atoms with Crippen molar-refractivity contribution >= 4 is 11.5 Å². The summed E-state index contributed by atoms with van der Waals surface area (Å²) in [4.78, 5) is 15.9. The number of rotatable bonds is 5. The Morgan fingerprint density at radius 2 is 1.95 bits per heavy atom. The minimum atomic E-state index is -0.949.